The summed E-state index contributed by atoms with van der Waals surface area (Å²) in [5, 5.41) is 0.846. The van der Waals surface area contributed by atoms with Gasteiger partial charge in [0, 0.05) is 22.2 Å². The molecule has 2 aromatic rings. The van der Waals surface area contributed by atoms with Crippen LogP contribution < -0.4 is 0 Å². The summed E-state index contributed by atoms with van der Waals surface area (Å²) in [5.74, 6) is -0.291. The molecule has 1 aliphatic carbocycles. The average Bonchev–Trinajstić information content (AvgIpc) is 2.62. The van der Waals surface area contributed by atoms with Crippen LogP contribution in [-0.2, 0) is 10.3 Å². The molecule has 1 aromatic heterocycles. The maximum Gasteiger partial charge on any atom is 0.235 e. The summed E-state index contributed by atoms with van der Waals surface area (Å²) in [4.78, 5) is 17.6. The highest BCUT2D eigenvalue weighted by molar-refractivity contribution is 5.81. The zero-order chi connectivity index (χ0) is 12.8. The Morgan fingerprint density at radius 2 is 2.17 bits per heavy atom. The van der Waals surface area contributed by atoms with Gasteiger partial charge in [-0.2, -0.15) is 4.99 Å². The maximum absolute atomic E-state index is 14.2. The van der Waals surface area contributed by atoms with E-state index in [-0.39, 0.29) is 5.82 Å². The van der Waals surface area contributed by atoms with Crippen molar-refractivity contribution < 1.29 is 9.18 Å². The van der Waals surface area contributed by atoms with Gasteiger partial charge >= 0.3 is 0 Å². The zero-order valence-corrected chi connectivity index (χ0v) is 10.1. The lowest BCUT2D eigenvalue weighted by molar-refractivity contribution is 0.248. The van der Waals surface area contributed by atoms with Crippen molar-refractivity contribution in [3.63, 3.8) is 0 Å². The second-order valence-electron chi connectivity index (χ2n) is 4.96. The average molecular weight is 244 g/mol. The van der Waals surface area contributed by atoms with E-state index in [1.54, 1.807) is 12.1 Å². The molecule has 3 nitrogen and oxygen atoms in total. The van der Waals surface area contributed by atoms with Gasteiger partial charge in [0.2, 0.25) is 6.08 Å². The van der Waals surface area contributed by atoms with E-state index in [9.17, 15) is 9.18 Å². The summed E-state index contributed by atoms with van der Waals surface area (Å²) in [6.45, 7) is 1.93. The van der Waals surface area contributed by atoms with Gasteiger partial charge in [-0.1, -0.05) is 0 Å². The minimum Gasteiger partial charge on any atom is -0.359 e. The number of isocyanates is 1. The molecule has 0 atom stereocenters. The molecule has 1 N–H and O–H groups in total. The van der Waals surface area contributed by atoms with Gasteiger partial charge in [0.15, 0.2) is 0 Å². The Balaban J connectivity index is 2.21. The molecule has 0 radical (unpaired) electrons. The number of aromatic amines is 1. The van der Waals surface area contributed by atoms with Crippen LogP contribution in [0.25, 0.3) is 10.9 Å². The summed E-state index contributed by atoms with van der Waals surface area (Å²) < 4.78 is 14.2. The first-order valence-electron chi connectivity index (χ1n) is 6.03. The first-order chi connectivity index (χ1) is 8.64. The highest BCUT2D eigenvalue weighted by Crippen LogP contribution is 2.46. The van der Waals surface area contributed by atoms with E-state index in [1.807, 2.05) is 13.0 Å². The van der Waals surface area contributed by atoms with Gasteiger partial charge in [-0.25, -0.2) is 9.18 Å². The standard InChI is InChI=1S/C14H13FN2O/c1-9-5-10-6-12(15)11(7-13(10)17-9)14(16-8-18)3-2-4-14/h5-7,17H,2-4H2,1H3. The number of hydrogen-bond donors (Lipinski definition) is 1. The molecule has 1 fully saturated rings. The number of hydrogen-bond acceptors (Lipinski definition) is 2. The predicted molar refractivity (Wildman–Crippen MR) is 66.6 cm³/mol. The summed E-state index contributed by atoms with van der Waals surface area (Å²) in [6, 6.07) is 5.19. The summed E-state index contributed by atoms with van der Waals surface area (Å²) in [7, 11) is 0. The minimum absolute atomic E-state index is 0.291. The maximum atomic E-state index is 14.2. The monoisotopic (exact) mass is 244 g/mol. The van der Waals surface area contributed by atoms with Crippen molar-refractivity contribution in [1.29, 1.82) is 0 Å². The van der Waals surface area contributed by atoms with Gasteiger partial charge in [-0.15, -0.1) is 0 Å². The number of rotatable bonds is 2. The van der Waals surface area contributed by atoms with Gasteiger partial charge in [-0.3, -0.25) is 0 Å². The third-order valence-corrected chi connectivity index (χ3v) is 3.78. The van der Waals surface area contributed by atoms with Gasteiger partial charge in [-0.05, 0) is 44.4 Å². The first kappa shape index (κ1) is 11.2. The fraction of sp³-hybridized carbons (Fsp3) is 0.357. The van der Waals surface area contributed by atoms with Crippen LogP contribution in [0.3, 0.4) is 0 Å². The number of nitrogens with zero attached hydrogens (tertiary/aromatic N) is 1. The Hall–Kier alpha value is -1.93. The van der Waals surface area contributed by atoms with Crippen LogP contribution in [0.1, 0.15) is 30.5 Å². The third-order valence-electron chi connectivity index (χ3n) is 3.78. The molecule has 0 unspecified atom stereocenters. The SMILES string of the molecule is Cc1cc2cc(F)c(C3(N=C=O)CCC3)cc2[nH]1. The zero-order valence-electron chi connectivity index (χ0n) is 10.1. The lowest BCUT2D eigenvalue weighted by atomic mass is 9.72. The second kappa shape index (κ2) is 3.79. The van der Waals surface area contributed by atoms with Gasteiger partial charge in [0.25, 0.3) is 0 Å². The smallest absolute Gasteiger partial charge is 0.235 e. The van der Waals surface area contributed by atoms with Crippen LogP contribution in [0.2, 0.25) is 0 Å². The lowest BCUT2D eigenvalue weighted by Gasteiger charge is -2.37. The molecule has 1 aliphatic rings. The number of nitrogens with one attached hydrogen (secondary N) is 1. The molecule has 1 aromatic carbocycles. The summed E-state index contributed by atoms with van der Waals surface area (Å²) in [6.07, 6.45) is 3.98. The second-order valence-corrected chi connectivity index (χ2v) is 4.96. The minimum atomic E-state index is -0.682. The number of benzene rings is 1. The topological polar surface area (TPSA) is 45.2 Å². The van der Waals surface area contributed by atoms with Crippen molar-refractivity contribution in [2.24, 2.45) is 4.99 Å². The van der Waals surface area contributed by atoms with E-state index in [1.165, 1.54) is 6.07 Å². The molecule has 0 bridgehead atoms. The molecule has 4 heteroatoms. The number of aliphatic imine (C=N–C) groups is 1. The molecule has 1 heterocycles. The van der Waals surface area contributed by atoms with Crippen molar-refractivity contribution in [1.82, 2.24) is 4.98 Å². The fourth-order valence-corrected chi connectivity index (χ4v) is 2.70. The lowest BCUT2D eigenvalue weighted by Crippen LogP contribution is -2.32. The highest BCUT2D eigenvalue weighted by atomic mass is 19.1. The third kappa shape index (κ3) is 1.50. The molecule has 0 spiro atoms. The van der Waals surface area contributed by atoms with E-state index in [0.717, 1.165) is 23.0 Å². The molecule has 1 saturated carbocycles. The normalized spacial score (nSPS) is 17.2. The Morgan fingerprint density at radius 1 is 1.39 bits per heavy atom. The summed E-state index contributed by atoms with van der Waals surface area (Å²) in [5.41, 5.74) is 1.70. The predicted octanol–water partition coefficient (Wildman–Crippen LogP) is 3.33. The van der Waals surface area contributed by atoms with Crippen molar-refractivity contribution in [3.05, 3.63) is 35.3 Å². The molecule has 92 valence electrons. The molecule has 3 rings (SSSR count). The molecule has 18 heavy (non-hydrogen) atoms. The van der Waals surface area contributed by atoms with E-state index in [4.69, 9.17) is 0 Å². The van der Waals surface area contributed by atoms with Crippen LogP contribution in [0.15, 0.2) is 23.2 Å². The van der Waals surface area contributed by atoms with Gasteiger partial charge < -0.3 is 4.98 Å². The number of halogens is 1. The molecule has 0 saturated heterocycles. The quantitative estimate of drug-likeness (QED) is 0.639. The van der Waals surface area contributed by atoms with Crippen molar-refractivity contribution >= 4 is 17.0 Å². The molecule has 0 amide bonds. The van der Waals surface area contributed by atoms with E-state index in [0.29, 0.717) is 18.4 Å². The van der Waals surface area contributed by atoms with Gasteiger partial charge in [0.1, 0.15) is 11.4 Å². The molecule has 0 aliphatic heterocycles. The number of fused-ring (bicyclic) bond motifs is 1. The van der Waals surface area contributed by atoms with E-state index in [2.05, 4.69) is 9.98 Å². The Labute approximate surface area is 104 Å². The van der Waals surface area contributed by atoms with Crippen LogP contribution in [-0.4, -0.2) is 11.1 Å². The first-order valence-corrected chi connectivity index (χ1v) is 6.03. The van der Waals surface area contributed by atoms with Crippen LogP contribution in [0.5, 0.6) is 0 Å². The van der Waals surface area contributed by atoms with E-state index < -0.39 is 5.54 Å². The Bertz CT molecular complexity index is 664. The Kier molecular flexibility index (Phi) is 2.35. The van der Waals surface area contributed by atoms with Crippen molar-refractivity contribution in [2.75, 3.05) is 0 Å². The molecular formula is C14H13FN2O. The van der Waals surface area contributed by atoms with Crippen molar-refractivity contribution in [2.45, 2.75) is 31.7 Å². The fourth-order valence-electron chi connectivity index (χ4n) is 2.70. The summed E-state index contributed by atoms with van der Waals surface area (Å²) >= 11 is 0. The van der Waals surface area contributed by atoms with E-state index >= 15 is 0 Å². The number of aromatic nitrogens is 1. The van der Waals surface area contributed by atoms with Gasteiger partial charge in [0.05, 0.1) is 0 Å². The Morgan fingerprint density at radius 3 is 2.78 bits per heavy atom. The van der Waals surface area contributed by atoms with Crippen molar-refractivity contribution in [3.8, 4) is 0 Å². The molecular weight excluding hydrogens is 231 g/mol. The number of carbonyl (C=O) groups excluding carboxylic acids is 1. The number of H-pyrrole nitrogens is 1. The van der Waals surface area contributed by atoms with Crippen LogP contribution >= 0.6 is 0 Å². The van der Waals surface area contributed by atoms with Crippen LogP contribution in [0.4, 0.5) is 4.39 Å². The largest absolute Gasteiger partial charge is 0.359 e. The highest BCUT2D eigenvalue weighted by Gasteiger charge is 2.41. The number of aryl methyl sites for hydroxylation is 1. The van der Waals surface area contributed by atoms with Crippen LogP contribution in [0, 0.1) is 12.7 Å².